The zero-order valence-corrected chi connectivity index (χ0v) is 24.5. The number of hydrogen-bond acceptors (Lipinski definition) is 5. The molecule has 1 aromatic carbocycles. The molecule has 212 valence electrons. The number of aliphatic hydroxyl groups is 1. The van der Waals surface area contributed by atoms with Crippen LogP contribution in [0.1, 0.15) is 46.1 Å². The molecule has 0 saturated carbocycles. The normalized spacial score (nSPS) is 29.8. The highest BCUT2D eigenvalue weighted by Gasteiger charge is 2.77. The number of hydrogen-bond donors (Lipinski definition) is 1. The molecular formula is C31H43N3O4S. The summed E-state index contributed by atoms with van der Waals surface area (Å²) in [6.45, 7) is 16.7. The molecule has 2 bridgehead atoms. The van der Waals surface area contributed by atoms with Gasteiger partial charge >= 0.3 is 0 Å². The van der Waals surface area contributed by atoms with E-state index in [1.807, 2.05) is 51.1 Å². The number of likely N-dealkylation sites (tertiary alicyclic amines) is 1. The van der Waals surface area contributed by atoms with Gasteiger partial charge < -0.3 is 19.8 Å². The zero-order valence-electron chi connectivity index (χ0n) is 23.7. The lowest BCUT2D eigenvalue weighted by atomic mass is 9.65. The van der Waals surface area contributed by atoms with Crippen molar-refractivity contribution >= 4 is 29.5 Å². The van der Waals surface area contributed by atoms with Gasteiger partial charge in [-0.05, 0) is 38.2 Å². The summed E-state index contributed by atoms with van der Waals surface area (Å²) in [6.07, 6.45) is 4.73. The summed E-state index contributed by atoms with van der Waals surface area (Å²) in [5.74, 6) is -1.41. The molecule has 0 aromatic heterocycles. The van der Waals surface area contributed by atoms with E-state index in [4.69, 9.17) is 0 Å². The van der Waals surface area contributed by atoms with Crippen LogP contribution in [0.3, 0.4) is 0 Å². The molecule has 1 spiro atoms. The standard InChI is InChI=1S/C31H43N3O4S/c1-7-15-32(18-22-13-11-10-12-14-22)28(36)25-24-17-21(6)31(39-24)26(25)29(37)34(23(9-3)19-35)27(31)30(38)33(16-8-2)20(4)5/h7-8,10-14,20-21,23-27,35H,1-2,9,15-19H2,3-6H3/t21?,23-,24+,25-,26-,27?,31?/m0/s1. The third-order valence-corrected chi connectivity index (χ3v) is 11.0. The maximum absolute atomic E-state index is 14.4. The number of rotatable bonds is 12. The highest BCUT2D eigenvalue weighted by molar-refractivity contribution is 8.02. The van der Waals surface area contributed by atoms with Crippen LogP contribution < -0.4 is 0 Å². The first-order valence-electron chi connectivity index (χ1n) is 14.1. The number of nitrogens with zero attached hydrogens (tertiary/aromatic N) is 3. The number of aliphatic hydroxyl groups excluding tert-OH is 1. The second-order valence-corrected chi connectivity index (χ2v) is 13.0. The number of thioether (sulfide) groups is 1. The number of carbonyl (C=O) groups is 3. The molecule has 3 aliphatic heterocycles. The molecule has 3 fully saturated rings. The van der Waals surface area contributed by atoms with Crippen molar-refractivity contribution in [1.82, 2.24) is 14.7 Å². The van der Waals surface area contributed by atoms with Crippen LogP contribution in [0.15, 0.2) is 55.6 Å². The van der Waals surface area contributed by atoms with E-state index in [1.54, 1.807) is 38.6 Å². The van der Waals surface area contributed by atoms with Crippen molar-refractivity contribution in [1.29, 1.82) is 0 Å². The Bertz CT molecular complexity index is 1090. The van der Waals surface area contributed by atoms with E-state index < -0.39 is 28.7 Å². The molecule has 3 saturated heterocycles. The van der Waals surface area contributed by atoms with Crippen molar-refractivity contribution in [3.8, 4) is 0 Å². The first kappa shape index (κ1) is 29.4. The molecule has 1 aromatic rings. The topological polar surface area (TPSA) is 81.2 Å². The maximum Gasteiger partial charge on any atom is 0.247 e. The minimum atomic E-state index is -0.737. The summed E-state index contributed by atoms with van der Waals surface area (Å²) in [7, 11) is 0. The quantitative estimate of drug-likeness (QED) is 0.399. The van der Waals surface area contributed by atoms with Crippen LogP contribution in [-0.2, 0) is 20.9 Å². The molecule has 3 amide bonds. The molecule has 8 heteroatoms. The minimum Gasteiger partial charge on any atom is -0.394 e. The molecule has 0 aliphatic carbocycles. The molecule has 7 atom stereocenters. The Balaban J connectivity index is 1.78. The summed E-state index contributed by atoms with van der Waals surface area (Å²) in [6, 6.07) is 8.53. The monoisotopic (exact) mass is 553 g/mol. The summed E-state index contributed by atoms with van der Waals surface area (Å²) in [5, 5.41) is 10.3. The zero-order chi connectivity index (χ0) is 28.5. The molecule has 3 heterocycles. The van der Waals surface area contributed by atoms with Crippen LogP contribution in [0.25, 0.3) is 0 Å². The van der Waals surface area contributed by atoms with Gasteiger partial charge in [0, 0.05) is 30.9 Å². The Morgan fingerprint density at radius 2 is 1.85 bits per heavy atom. The van der Waals surface area contributed by atoms with Crippen molar-refractivity contribution in [2.45, 2.75) is 75.2 Å². The fourth-order valence-corrected chi connectivity index (χ4v) is 9.48. The van der Waals surface area contributed by atoms with Crippen LogP contribution >= 0.6 is 11.8 Å². The lowest BCUT2D eigenvalue weighted by Crippen LogP contribution is -2.60. The lowest BCUT2D eigenvalue weighted by Gasteiger charge is -2.43. The van der Waals surface area contributed by atoms with Gasteiger partial charge in [-0.1, -0.05) is 56.3 Å². The van der Waals surface area contributed by atoms with Crippen LogP contribution in [0.5, 0.6) is 0 Å². The van der Waals surface area contributed by atoms with Gasteiger partial charge in [-0.25, -0.2) is 0 Å². The predicted molar refractivity (Wildman–Crippen MR) is 156 cm³/mol. The summed E-state index contributed by atoms with van der Waals surface area (Å²) < 4.78 is -0.720. The van der Waals surface area contributed by atoms with E-state index >= 15 is 0 Å². The first-order chi connectivity index (χ1) is 18.7. The van der Waals surface area contributed by atoms with E-state index in [9.17, 15) is 19.5 Å². The Kier molecular flexibility index (Phi) is 8.96. The Hall–Kier alpha value is -2.58. The predicted octanol–water partition coefficient (Wildman–Crippen LogP) is 3.73. The fraction of sp³-hybridized carbons (Fsp3) is 0.581. The largest absolute Gasteiger partial charge is 0.394 e. The van der Waals surface area contributed by atoms with Crippen LogP contribution in [-0.4, -0.2) is 85.3 Å². The molecule has 3 unspecified atom stereocenters. The van der Waals surface area contributed by atoms with Gasteiger partial charge in [-0.2, -0.15) is 0 Å². The van der Waals surface area contributed by atoms with Crippen molar-refractivity contribution in [2.24, 2.45) is 17.8 Å². The maximum atomic E-state index is 14.4. The molecular weight excluding hydrogens is 510 g/mol. The number of benzene rings is 1. The van der Waals surface area contributed by atoms with Gasteiger partial charge in [0.25, 0.3) is 0 Å². The van der Waals surface area contributed by atoms with Crippen molar-refractivity contribution in [3.05, 3.63) is 61.2 Å². The highest BCUT2D eigenvalue weighted by Crippen LogP contribution is 2.69. The SMILES string of the molecule is C=CCN(Cc1ccccc1)C(=O)[C@@H]1[C@H]2C(=O)N([C@@H](CC)CO)C(C(=O)N(CC=C)C(C)C)C23S[C@@H]1CC3C. The Morgan fingerprint density at radius 3 is 2.41 bits per heavy atom. The number of fused-ring (bicyclic) bond motifs is 1. The van der Waals surface area contributed by atoms with Gasteiger partial charge in [-0.3, -0.25) is 14.4 Å². The second-order valence-electron chi connectivity index (χ2n) is 11.4. The van der Waals surface area contributed by atoms with Crippen LogP contribution in [0.4, 0.5) is 0 Å². The average molecular weight is 554 g/mol. The van der Waals surface area contributed by atoms with E-state index in [1.165, 1.54) is 0 Å². The van der Waals surface area contributed by atoms with E-state index in [-0.39, 0.29) is 41.5 Å². The second kappa shape index (κ2) is 11.9. The van der Waals surface area contributed by atoms with Gasteiger partial charge in [0.15, 0.2) is 0 Å². The Morgan fingerprint density at radius 1 is 1.18 bits per heavy atom. The minimum absolute atomic E-state index is 0.0388. The van der Waals surface area contributed by atoms with Gasteiger partial charge in [-0.15, -0.1) is 24.9 Å². The van der Waals surface area contributed by atoms with E-state index in [0.29, 0.717) is 26.1 Å². The molecule has 0 radical (unpaired) electrons. The van der Waals surface area contributed by atoms with Crippen molar-refractivity contribution < 1.29 is 19.5 Å². The van der Waals surface area contributed by atoms with Crippen LogP contribution in [0.2, 0.25) is 0 Å². The molecule has 1 N–H and O–H groups in total. The summed E-state index contributed by atoms with van der Waals surface area (Å²) in [5.41, 5.74) is 1.02. The third-order valence-electron chi connectivity index (χ3n) is 8.89. The van der Waals surface area contributed by atoms with Crippen LogP contribution in [0, 0.1) is 17.8 Å². The van der Waals surface area contributed by atoms with Crippen molar-refractivity contribution in [2.75, 3.05) is 19.7 Å². The third kappa shape index (κ3) is 4.84. The van der Waals surface area contributed by atoms with E-state index in [2.05, 4.69) is 20.1 Å². The summed E-state index contributed by atoms with van der Waals surface area (Å²) >= 11 is 1.67. The van der Waals surface area contributed by atoms with Gasteiger partial charge in [0.2, 0.25) is 17.7 Å². The first-order valence-corrected chi connectivity index (χ1v) is 15.0. The molecule has 3 aliphatic rings. The van der Waals surface area contributed by atoms with Gasteiger partial charge in [0.05, 0.1) is 29.2 Å². The number of amides is 3. The van der Waals surface area contributed by atoms with E-state index in [0.717, 1.165) is 12.0 Å². The van der Waals surface area contributed by atoms with Gasteiger partial charge in [0.1, 0.15) is 6.04 Å². The fourth-order valence-electron chi connectivity index (χ4n) is 7.08. The lowest BCUT2D eigenvalue weighted by molar-refractivity contribution is -0.147. The average Bonchev–Trinajstić information content (AvgIpc) is 3.51. The molecule has 39 heavy (non-hydrogen) atoms. The summed E-state index contributed by atoms with van der Waals surface area (Å²) in [4.78, 5) is 48.3. The smallest absolute Gasteiger partial charge is 0.247 e. The van der Waals surface area contributed by atoms with Crippen molar-refractivity contribution in [3.63, 3.8) is 0 Å². The molecule has 7 nitrogen and oxygen atoms in total. The number of carbonyl (C=O) groups excluding carboxylic acids is 3. The highest BCUT2D eigenvalue weighted by atomic mass is 32.2. The molecule has 4 rings (SSSR count). The Labute approximate surface area is 237 Å².